The number of carbonyl (C=O) groups is 1. The van der Waals surface area contributed by atoms with Gasteiger partial charge in [0.1, 0.15) is 0 Å². The molecule has 2 N–H and O–H groups in total. The topological polar surface area (TPSA) is 50.4 Å². The minimum atomic E-state index is 0.0508. The van der Waals surface area contributed by atoms with E-state index in [1.54, 1.807) is 0 Å². The molecule has 1 unspecified atom stereocenters. The van der Waals surface area contributed by atoms with Crippen LogP contribution < -0.4 is 10.6 Å². The van der Waals surface area contributed by atoms with Crippen LogP contribution in [0.1, 0.15) is 30.4 Å². The molecule has 1 aromatic carbocycles. The summed E-state index contributed by atoms with van der Waals surface area (Å²) in [5.41, 5.74) is 3.21. The molecule has 4 nitrogen and oxygen atoms in total. The highest BCUT2D eigenvalue weighted by atomic mass is 16.5. The number of hydrogen-bond acceptors (Lipinski definition) is 3. The predicted octanol–water partition coefficient (Wildman–Crippen LogP) is 2.40. The zero-order valence-electron chi connectivity index (χ0n) is 12.4. The Morgan fingerprint density at radius 3 is 2.70 bits per heavy atom. The van der Waals surface area contributed by atoms with Crippen molar-refractivity contribution in [2.24, 2.45) is 0 Å². The van der Waals surface area contributed by atoms with Crippen molar-refractivity contribution >= 4 is 11.6 Å². The maximum Gasteiger partial charge on any atom is 0.225 e. The number of rotatable bonds is 6. The average molecular weight is 276 g/mol. The summed E-state index contributed by atoms with van der Waals surface area (Å²) in [6.07, 6.45) is 3.10. The van der Waals surface area contributed by atoms with Crippen LogP contribution in [-0.4, -0.2) is 31.7 Å². The molecule has 1 aliphatic rings. The average Bonchev–Trinajstić information content (AvgIpc) is 2.86. The summed E-state index contributed by atoms with van der Waals surface area (Å²) in [6.45, 7) is 6.48. The van der Waals surface area contributed by atoms with Gasteiger partial charge in [-0.15, -0.1) is 0 Å². The second kappa shape index (κ2) is 7.41. The second-order valence-corrected chi connectivity index (χ2v) is 5.51. The van der Waals surface area contributed by atoms with Crippen LogP contribution in [0.15, 0.2) is 18.2 Å². The summed E-state index contributed by atoms with van der Waals surface area (Å²) in [4.78, 5) is 11.8. The highest BCUT2D eigenvalue weighted by molar-refractivity contribution is 5.91. The smallest absolute Gasteiger partial charge is 0.225 e. The first-order valence-electron chi connectivity index (χ1n) is 7.34. The van der Waals surface area contributed by atoms with Gasteiger partial charge in [0.05, 0.1) is 6.10 Å². The third-order valence-corrected chi connectivity index (χ3v) is 3.43. The van der Waals surface area contributed by atoms with Gasteiger partial charge in [0.2, 0.25) is 5.91 Å². The van der Waals surface area contributed by atoms with Crippen molar-refractivity contribution in [1.29, 1.82) is 0 Å². The van der Waals surface area contributed by atoms with Crippen molar-refractivity contribution in [2.75, 3.05) is 25.0 Å². The normalized spacial score (nSPS) is 18.2. The summed E-state index contributed by atoms with van der Waals surface area (Å²) in [5.74, 6) is 0.0508. The van der Waals surface area contributed by atoms with E-state index in [4.69, 9.17) is 4.74 Å². The van der Waals surface area contributed by atoms with Gasteiger partial charge in [-0.2, -0.15) is 0 Å². The van der Waals surface area contributed by atoms with E-state index in [1.807, 2.05) is 26.0 Å². The van der Waals surface area contributed by atoms with E-state index in [-0.39, 0.29) is 5.91 Å². The molecule has 20 heavy (non-hydrogen) atoms. The van der Waals surface area contributed by atoms with Gasteiger partial charge in [-0.05, 0) is 49.9 Å². The monoisotopic (exact) mass is 276 g/mol. The van der Waals surface area contributed by atoms with Gasteiger partial charge in [0.15, 0.2) is 0 Å². The van der Waals surface area contributed by atoms with Gasteiger partial charge in [0.25, 0.3) is 0 Å². The summed E-state index contributed by atoms with van der Waals surface area (Å²) in [6, 6.07) is 6.08. The fraction of sp³-hybridized carbons (Fsp3) is 0.562. The standard InChI is InChI=1S/C16H24N2O2/c1-12-8-13(2)10-14(9-12)18-16(19)5-6-17-11-15-4-3-7-20-15/h8-10,15,17H,3-7,11H2,1-2H3,(H,18,19). The number of hydrogen-bond donors (Lipinski definition) is 2. The second-order valence-electron chi connectivity index (χ2n) is 5.51. The molecule has 0 radical (unpaired) electrons. The Labute approximate surface area is 120 Å². The van der Waals surface area contributed by atoms with Gasteiger partial charge in [0, 0.05) is 31.8 Å². The zero-order valence-corrected chi connectivity index (χ0v) is 12.4. The van der Waals surface area contributed by atoms with E-state index in [0.29, 0.717) is 19.1 Å². The Morgan fingerprint density at radius 2 is 2.05 bits per heavy atom. The van der Waals surface area contributed by atoms with E-state index >= 15 is 0 Å². The number of benzene rings is 1. The van der Waals surface area contributed by atoms with Gasteiger partial charge in [-0.25, -0.2) is 0 Å². The van der Waals surface area contributed by atoms with E-state index in [0.717, 1.165) is 42.8 Å². The number of ether oxygens (including phenoxy) is 1. The molecule has 1 amide bonds. The van der Waals surface area contributed by atoms with E-state index in [9.17, 15) is 4.79 Å². The van der Waals surface area contributed by atoms with Crippen LogP contribution >= 0.6 is 0 Å². The van der Waals surface area contributed by atoms with Crippen molar-refractivity contribution in [3.63, 3.8) is 0 Å². The number of carbonyl (C=O) groups excluding carboxylic acids is 1. The molecule has 2 rings (SSSR count). The minimum Gasteiger partial charge on any atom is -0.377 e. The van der Waals surface area contributed by atoms with Crippen molar-refractivity contribution in [2.45, 2.75) is 39.2 Å². The predicted molar refractivity (Wildman–Crippen MR) is 81.0 cm³/mol. The van der Waals surface area contributed by atoms with Crippen LogP contribution in [0.4, 0.5) is 5.69 Å². The van der Waals surface area contributed by atoms with Gasteiger partial charge in [-0.3, -0.25) is 4.79 Å². The molecule has 0 bridgehead atoms. The first-order chi connectivity index (χ1) is 9.63. The van der Waals surface area contributed by atoms with E-state index in [2.05, 4.69) is 16.7 Å². The molecule has 1 saturated heterocycles. The molecule has 0 aliphatic carbocycles. The van der Waals surface area contributed by atoms with Crippen LogP contribution in [0.25, 0.3) is 0 Å². The van der Waals surface area contributed by atoms with E-state index in [1.165, 1.54) is 0 Å². The molecule has 1 aromatic rings. The molecule has 1 aliphatic heterocycles. The third-order valence-electron chi connectivity index (χ3n) is 3.43. The molecular weight excluding hydrogens is 252 g/mol. The van der Waals surface area contributed by atoms with Crippen molar-refractivity contribution < 1.29 is 9.53 Å². The Kier molecular flexibility index (Phi) is 5.56. The lowest BCUT2D eigenvalue weighted by Gasteiger charge is -2.11. The summed E-state index contributed by atoms with van der Waals surface area (Å²) < 4.78 is 5.52. The number of aryl methyl sites for hydroxylation is 2. The van der Waals surface area contributed by atoms with Crippen molar-refractivity contribution in [3.8, 4) is 0 Å². The summed E-state index contributed by atoms with van der Waals surface area (Å²) >= 11 is 0. The molecule has 0 saturated carbocycles. The Bertz CT molecular complexity index is 434. The van der Waals surface area contributed by atoms with Crippen LogP contribution in [0.3, 0.4) is 0 Å². The lowest BCUT2D eigenvalue weighted by atomic mass is 10.1. The largest absolute Gasteiger partial charge is 0.377 e. The van der Waals surface area contributed by atoms with Gasteiger partial charge < -0.3 is 15.4 Å². The number of amides is 1. The highest BCUT2D eigenvalue weighted by Crippen LogP contribution is 2.14. The quantitative estimate of drug-likeness (QED) is 0.784. The lowest BCUT2D eigenvalue weighted by molar-refractivity contribution is -0.116. The maximum atomic E-state index is 11.8. The number of anilines is 1. The van der Waals surface area contributed by atoms with Crippen LogP contribution in [0, 0.1) is 13.8 Å². The van der Waals surface area contributed by atoms with Gasteiger partial charge >= 0.3 is 0 Å². The lowest BCUT2D eigenvalue weighted by Crippen LogP contribution is -2.29. The third kappa shape index (κ3) is 4.94. The van der Waals surface area contributed by atoms with E-state index < -0.39 is 0 Å². The van der Waals surface area contributed by atoms with Crippen LogP contribution in [-0.2, 0) is 9.53 Å². The Balaban J connectivity index is 1.66. The van der Waals surface area contributed by atoms with Crippen molar-refractivity contribution in [1.82, 2.24) is 5.32 Å². The summed E-state index contributed by atoms with van der Waals surface area (Å²) in [7, 11) is 0. The Hall–Kier alpha value is -1.39. The fourth-order valence-corrected chi connectivity index (χ4v) is 2.54. The molecular formula is C16H24N2O2. The zero-order chi connectivity index (χ0) is 14.4. The van der Waals surface area contributed by atoms with Crippen LogP contribution in [0.2, 0.25) is 0 Å². The highest BCUT2D eigenvalue weighted by Gasteiger charge is 2.14. The first-order valence-corrected chi connectivity index (χ1v) is 7.34. The van der Waals surface area contributed by atoms with Crippen LogP contribution in [0.5, 0.6) is 0 Å². The SMILES string of the molecule is Cc1cc(C)cc(NC(=O)CCNCC2CCCO2)c1. The summed E-state index contributed by atoms with van der Waals surface area (Å²) in [5, 5.41) is 6.22. The van der Waals surface area contributed by atoms with Gasteiger partial charge in [-0.1, -0.05) is 6.07 Å². The first kappa shape index (κ1) is 15.0. The molecule has 1 heterocycles. The molecule has 0 aromatic heterocycles. The van der Waals surface area contributed by atoms with Crippen molar-refractivity contribution in [3.05, 3.63) is 29.3 Å². The molecule has 0 spiro atoms. The molecule has 1 fully saturated rings. The molecule has 1 atom stereocenters. The Morgan fingerprint density at radius 1 is 1.30 bits per heavy atom. The number of nitrogens with one attached hydrogen (secondary N) is 2. The molecule has 4 heteroatoms. The maximum absolute atomic E-state index is 11.8. The molecule has 110 valence electrons. The minimum absolute atomic E-state index is 0.0508. The fourth-order valence-electron chi connectivity index (χ4n) is 2.54.